The van der Waals surface area contributed by atoms with Crippen LogP contribution in [0, 0.1) is 0 Å². The molecule has 21 heavy (non-hydrogen) atoms. The number of ether oxygens (including phenoxy) is 2. The van der Waals surface area contributed by atoms with E-state index >= 15 is 0 Å². The molecule has 2 atom stereocenters. The lowest BCUT2D eigenvalue weighted by Gasteiger charge is -2.29. The molecule has 1 aliphatic heterocycles. The van der Waals surface area contributed by atoms with Gasteiger partial charge >= 0.3 is 0 Å². The van der Waals surface area contributed by atoms with Crippen LogP contribution in [0.4, 0.5) is 0 Å². The smallest absolute Gasteiger partial charge is 0.123 e. The Morgan fingerprint density at radius 2 is 2.24 bits per heavy atom. The summed E-state index contributed by atoms with van der Waals surface area (Å²) in [4.78, 5) is 2.46. The van der Waals surface area contributed by atoms with Crippen LogP contribution in [-0.4, -0.2) is 51.4 Å². The highest BCUT2D eigenvalue weighted by atomic mass is 16.5. The van der Waals surface area contributed by atoms with E-state index in [1.807, 2.05) is 19.2 Å². The van der Waals surface area contributed by atoms with Gasteiger partial charge in [-0.25, -0.2) is 0 Å². The van der Waals surface area contributed by atoms with Crippen LogP contribution < -0.4 is 10.1 Å². The van der Waals surface area contributed by atoms with Gasteiger partial charge in [-0.15, -0.1) is 0 Å². The molecule has 0 radical (unpaired) electrons. The molecule has 0 aliphatic carbocycles. The summed E-state index contributed by atoms with van der Waals surface area (Å²) in [5.41, 5.74) is 1.22. The molecule has 2 rings (SSSR count). The minimum Gasteiger partial charge on any atom is -0.496 e. The zero-order valence-corrected chi connectivity index (χ0v) is 13.5. The highest BCUT2D eigenvalue weighted by molar-refractivity contribution is 5.36. The van der Waals surface area contributed by atoms with E-state index < -0.39 is 0 Å². The molecule has 0 spiro atoms. The average molecular weight is 292 g/mol. The second-order valence-corrected chi connectivity index (χ2v) is 5.57. The minimum atomic E-state index is 0.266. The van der Waals surface area contributed by atoms with E-state index in [0.29, 0.717) is 6.10 Å². The van der Waals surface area contributed by atoms with Crippen LogP contribution in [0.3, 0.4) is 0 Å². The normalized spacial score (nSPS) is 19.9. The van der Waals surface area contributed by atoms with Crippen LogP contribution in [0.1, 0.15) is 31.4 Å². The van der Waals surface area contributed by atoms with Crippen molar-refractivity contribution in [1.82, 2.24) is 10.2 Å². The second kappa shape index (κ2) is 8.37. The summed E-state index contributed by atoms with van der Waals surface area (Å²) in [6.45, 7) is 6.15. The van der Waals surface area contributed by atoms with Crippen molar-refractivity contribution >= 4 is 0 Å². The Kier molecular flexibility index (Phi) is 6.49. The van der Waals surface area contributed by atoms with Crippen molar-refractivity contribution in [3.05, 3.63) is 29.8 Å². The first-order valence-corrected chi connectivity index (χ1v) is 7.92. The molecular weight excluding hydrogens is 264 g/mol. The topological polar surface area (TPSA) is 33.7 Å². The van der Waals surface area contributed by atoms with Gasteiger partial charge in [0.05, 0.1) is 13.2 Å². The van der Waals surface area contributed by atoms with E-state index in [2.05, 4.69) is 29.3 Å². The molecule has 4 heteroatoms. The van der Waals surface area contributed by atoms with Gasteiger partial charge in [-0.05, 0) is 32.5 Å². The minimum absolute atomic E-state index is 0.266. The average Bonchev–Trinajstić information content (AvgIpc) is 3.04. The van der Waals surface area contributed by atoms with Gasteiger partial charge < -0.3 is 14.8 Å². The summed E-state index contributed by atoms with van der Waals surface area (Å²) in [5.74, 6) is 0.949. The monoisotopic (exact) mass is 292 g/mol. The number of likely N-dealkylation sites (N-methyl/N-ethyl adjacent to an activating group) is 2. The standard InChI is InChI=1S/C17H28N2O2/c1-4-19(12-14-8-7-11-21-14)13-16(18-2)15-9-5-6-10-17(15)20-3/h5-6,9-10,14,16,18H,4,7-8,11-13H2,1-3H3. The molecule has 1 aromatic rings. The van der Waals surface area contributed by atoms with Gasteiger partial charge in [0, 0.05) is 31.3 Å². The Morgan fingerprint density at radius 3 is 2.86 bits per heavy atom. The summed E-state index contributed by atoms with van der Waals surface area (Å²) in [7, 11) is 3.74. The fourth-order valence-electron chi connectivity index (χ4n) is 2.97. The van der Waals surface area contributed by atoms with Gasteiger partial charge in [0.2, 0.25) is 0 Å². The van der Waals surface area contributed by atoms with Gasteiger partial charge in [-0.2, -0.15) is 0 Å². The Balaban J connectivity index is 2.02. The largest absolute Gasteiger partial charge is 0.496 e. The first-order chi connectivity index (χ1) is 10.3. The van der Waals surface area contributed by atoms with Gasteiger partial charge in [-0.3, -0.25) is 4.90 Å². The molecular formula is C17H28N2O2. The molecule has 0 aromatic heterocycles. The van der Waals surface area contributed by atoms with Gasteiger partial charge in [0.1, 0.15) is 5.75 Å². The number of methoxy groups -OCH3 is 1. The third kappa shape index (κ3) is 4.43. The Bertz CT molecular complexity index is 419. The first kappa shape index (κ1) is 16.3. The Hall–Kier alpha value is -1.10. The molecule has 1 heterocycles. The third-order valence-electron chi connectivity index (χ3n) is 4.24. The number of rotatable bonds is 8. The summed E-state index contributed by atoms with van der Waals surface area (Å²) >= 11 is 0. The fraction of sp³-hybridized carbons (Fsp3) is 0.647. The molecule has 0 saturated carbocycles. The van der Waals surface area contributed by atoms with Crippen LogP contribution in [0.25, 0.3) is 0 Å². The number of nitrogens with zero attached hydrogens (tertiary/aromatic N) is 1. The first-order valence-electron chi connectivity index (χ1n) is 7.92. The molecule has 1 saturated heterocycles. The van der Waals surface area contributed by atoms with E-state index in [4.69, 9.17) is 9.47 Å². The molecule has 1 aromatic carbocycles. The van der Waals surface area contributed by atoms with Crippen LogP contribution in [0.5, 0.6) is 5.75 Å². The lowest BCUT2D eigenvalue weighted by atomic mass is 10.0. The zero-order valence-electron chi connectivity index (χ0n) is 13.5. The predicted molar refractivity (Wildman–Crippen MR) is 85.9 cm³/mol. The molecule has 0 bridgehead atoms. The zero-order chi connectivity index (χ0) is 15.1. The van der Waals surface area contributed by atoms with Gasteiger partial charge in [0.15, 0.2) is 0 Å². The highest BCUT2D eigenvalue weighted by Gasteiger charge is 2.22. The molecule has 0 amide bonds. The fourth-order valence-corrected chi connectivity index (χ4v) is 2.97. The summed E-state index contributed by atoms with van der Waals surface area (Å²) in [5, 5.41) is 3.42. The Labute approximate surface area is 128 Å². The lowest BCUT2D eigenvalue weighted by molar-refractivity contribution is 0.0717. The summed E-state index contributed by atoms with van der Waals surface area (Å²) in [6.07, 6.45) is 2.79. The predicted octanol–water partition coefficient (Wildman–Crippen LogP) is 2.46. The van der Waals surface area contributed by atoms with Gasteiger partial charge in [0.25, 0.3) is 0 Å². The summed E-state index contributed by atoms with van der Waals surface area (Å²) in [6, 6.07) is 8.51. The molecule has 1 N–H and O–H groups in total. The van der Waals surface area contributed by atoms with Crippen molar-refractivity contribution in [1.29, 1.82) is 0 Å². The van der Waals surface area contributed by atoms with Crippen LogP contribution in [-0.2, 0) is 4.74 Å². The SMILES string of the molecule is CCN(CC1CCCO1)CC(NC)c1ccccc1OC. The van der Waals surface area contributed by atoms with E-state index in [1.165, 1.54) is 18.4 Å². The number of para-hydroxylation sites is 1. The van der Waals surface area contributed by atoms with E-state index in [0.717, 1.165) is 32.0 Å². The number of hydrogen-bond acceptors (Lipinski definition) is 4. The van der Waals surface area contributed by atoms with E-state index in [9.17, 15) is 0 Å². The van der Waals surface area contributed by atoms with Crippen LogP contribution in [0.2, 0.25) is 0 Å². The molecule has 118 valence electrons. The Morgan fingerprint density at radius 1 is 1.43 bits per heavy atom. The quantitative estimate of drug-likeness (QED) is 0.798. The maximum absolute atomic E-state index is 5.76. The van der Waals surface area contributed by atoms with Crippen molar-refractivity contribution in [3.63, 3.8) is 0 Å². The van der Waals surface area contributed by atoms with Crippen molar-refractivity contribution in [2.24, 2.45) is 0 Å². The number of benzene rings is 1. The van der Waals surface area contributed by atoms with Crippen molar-refractivity contribution < 1.29 is 9.47 Å². The van der Waals surface area contributed by atoms with Crippen LogP contribution in [0.15, 0.2) is 24.3 Å². The van der Waals surface area contributed by atoms with Crippen LogP contribution >= 0.6 is 0 Å². The molecule has 1 aliphatic rings. The lowest BCUT2D eigenvalue weighted by Crippen LogP contribution is -2.38. The number of hydrogen-bond donors (Lipinski definition) is 1. The highest BCUT2D eigenvalue weighted by Crippen LogP contribution is 2.25. The molecule has 2 unspecified atom stereocenters. The summed E-state index contributed by atoms with van der Waals surface area (Å²) < 4.78 is 11.3. The molecule has 4 nitrogen and oxygen atoms in total. The van der Waals surface area contributed by atoms with Crippen molar-refractivity contribution in [2.45, 2.75) is 31.9 Å². The number of nitrogens with one attached hydrogen (secondary N) is 1. The van der Waals surface area contributed by atoms with Crippen molar-refractivity contribution in [3.8, 4) is 5.75 Å². The maximum Gasteiger partial charge on any atom is 0.123 e. The maximum atomic E-state index is 5.76. The second-order valence-electron chi connectivity index (χ2n) is 5.57. The third-order valence-corrected chi connectivity index (χ3v) is 4.24. The van der Waals surface area contributed by atoms with Gasteiger partial charge in [-0.1, -0.05) is 25.1 Å². The van der Waals surface area contributed by atoms with E-state index in [1.54, 1.807) is 7.11 Å². The van der Waals surface area contributed by atoms with E-state index in [-0.39, 0.29) is 6.04 Å². The molecule has 1 fully saturated rings. The van der Waals surface area contributed by atoms with Crippen molar-refractivity contribution in [2.75, 3.05) is 40.4 Å².